The third-order valence-corrected chi connectivity index (χ3v) is 6.02. The van der Waals surface area contributed by atoms with Crippen LogP contribution in [0.15, 0.2) is 27.6 Å². The van der Waals surface area contributed by atoms with Crippen molar-refractivity contribution in [3.05, 3.63) is 22.7 Å². The molecule has 0 aliphatic carbocycles. The number of nitrogens with two attached hydrogens (primary N) is 1. The van der Waals surface area contributed by atoms with Gasteiger partial charge in [0.2, 0.25) is 10.0 Å². The molecule has 20 heavy (non-hydrogen) atoms. The van der Waals surface area contributed by atoms with Crippen LogP contribution in [0, 0.1) is 5.92 Å². The summed E-state index contributed by atoms with van der Waals surface area (Å²) < 4.78 is 27.7. The summed E-state index contributed by atoms with van der Waals surface area (Å²) in [6.45, 7) is 5.64. The molecular weight excluding hydrogens is 342 g/mol. The number of rotatable bonds is 5. The number of hydrogen-bond acceptors (Lipinski definition) is 4. The molecule has 0 spiro atoms. The van der Waals surface area contributed by atoms with Crippen molar-refractivity contribution in [2.45, 2.75) is 18.2 Å². The first-order chi connectivity index (χ1) is 9.42. The zero-order valence-corrected chi connectivity index (χ0v) is 13.9. The van der Waals surface area contributed by atoms with Crippen LogP contribution in [0.1, 0.15) is 13.3 Å². The van der Waals surface area contributed by atoms with Gasteiger partial charge in [-0.3, -0.25) is 0 Å². The first-order valence-corrected chi connectivity index (χ1v) is 8.97. The van der Waals surface area contributed by atoms with Crippen LogP contribution in [0.3, 0.4) is 0 Å². The van der Waals surface area contributed by atoms with Crippen molar-refractivity contribution in [3.63, 3.8) is 0 Å². The van der Waals surface area contributed by atoms with Gasteiger partial charge in [-0.15, -0.1) is 0 Å². The Hall–Kier alpha value is -0.630. The van der Waals surface area contributed by atoms with E-state index >= 15 is 0 Å². The van der Waals surface area contributed by atoms with E-state index in [1.54, 1.807) is 12.1 Å². The molecule has 0 aromatic heterocycles. The minimum atomic E-state index is -3.49. The van der Waals surface area contributed by atoms with E-state index in [4.69, 9.17) is 5.73 Å². The van der Waals surface area contributed by atoms with Crippen LogP contribution in [0.2, 0.25) is 0 Å². The molecule has 0 saturated carbocycles. The Morgan fingerprint density at radius 2 is 2.25 bits per heavy atom. The minimum Gasteiger partial charge on any atom is -0.399 e. The van der Waals surface area contributed by atoms with Crippen molar-refractivity contribution in [2.75, 3.05) is 31.9 Å². The fraction of sp³-hybridized carbons (Fsp3) is 0.538. The molecule has 5 nitrogen and oxygen atoms in total. The summed E-state index contributed by atoms with van der Waals surface area (Å²) in [7, 11) is -3.49. The van der Waals surface area contributed by atoms with Gasteiger partial charge in [-0.05, 0) is 59.6 Å². The maximum Gasteiger partial charge on any atom is 0.241 e. The van der Waals surface area contributed by atoms with Gasteiger partial charge in [-0.25, -0.2) is 13.1 Å². The van der Waals surface area contributed by atoms with Gasteiger partial charge >= 0.3 is 0 Å². The Labute approximate surface area is 128 Å². The molecule has 0 radical (unpaired) electrons. The summed E-state index contributed by atoms with van der Waals surface area (Å²) >= 11 is 3.25. The van der Waals surface area contributed by atoms with Gasteiger partial charge in [0.05, 0.1) is 4.90 Å². The second-order valence-electron chi connectivity index (χ2n) is 5.09. The molecule has 1 heterocycles. The number of benzene rings is 1. The lowest BCUT2D eigenvalue weighted by atomic mass is 10.1. The molecule has 1 fully saturated rings. The van der Waals surface area contributed by atoms with E-state index in [2.05, 4.69) is 32.5 Å². The number of hydrogen-bond donors (Lipinski definition) is 2. The van der Waals surface area contributed by atoms with E-state index in [0.29, 0.717) is 22.6 Å². The second kappa shape index (κ2) is 6.43. The van der Waals surface area contributed by atoms with Crippen molar-refractivity contribution in [2.24, 2.45) is 5.92 Å². The zero-order valence-electron chi connectivity index (χ0n) is 11.5. The smallest absolute Gasteiger partial charge is 0.241 e. The molecule has 1 aromatic rings. The lowest BCUT2D eigenvalue weighted by Gasteiger charge is -2.14. The quantitative estimate of drug-likeness (QED) is 0.781. The normalized spacial score (nSPS) is 20.4. The lowest BCUT2D eigenvalue weighted by molar-refractivity contribution is 0.342. The van der Waals surface area contributed by atoms with E-state index in [9.17, 15) is 8.42 Å². The fourth-order valence-electron chi connectivity index (χ4n) is 2.41. The molecule has 1 aliphatic heterocycles. The van der Waals surface area contributed by atoms with E-state index in [1.165, 1.54) is 6.07 Å². The van der Waals surface area contributed by atoms with Crippen LogP contribution in [0.5, 0.6) is 0 Å². The molecule has 3 N–H and O–H groups in total. The molecule has 112 valence electrons. The molecular formula is C13H20BrN3O2S. The predicted octanol–water partition coefficient (Wildman–Crippen LogP) is 1.65. The number of nitrogens with one attached hydrogen (secondary N) is 1. The van der Waals surface area contributed by atoms with Crippen LogP contribution in [-0.4, -0.2) is 39.5 Å². The first-order valence-electron chi connectivity index (χ1n) is 6.69. The van der Waals surface area contributed by atoms with E-state index in [-0.39, 0.29) is 4.90 Å². The average Bonchev–Trinajstić information content (AvgIpc) is 2.84. The Kier molecular flexibility index (Phi) is 5.06. The van der Waals surface area contributed by atoms with E-state index < -0.39 is 10.0 Å². The maximum absolute atomic E-state index is 12.3. The molecule has 1 atom stereocenters. The third-order valence-electron chi connectivity index (χ3n) is 3.62. The monoisotopic (exact) mass is 361 g/mol. The van der Waals surface area contributed by atoms with Crippen LogP contribution < -0.4 is 10.5 Å². The van der Waals surface area contributed by atoms with Gasteiger partial charge in [-0.1, -0.05) is 6.92 Å². The Morgan fingerprint density at radius 3 is 2.85 bits per heavy atom. The number of sulfonamides is 1. The van der Waals surface area contributed by atoms with Gasteiger partial charge in [-0.2, -0.15) is 0 Å². The van der Waals surface area contributed by atoms with Crippen LogP contribution in [0.25, 0.3) is 0 Å². The molecule has 2 rings (SSSR count). The lowest BCUT2D eigenvalue weighted by Crippen LogP contribution is -2.31. The summed E-state index contributed by atoms with van der Waals surface area (Å²) in [6.07, 6.45) is 1.04. The zero-order chi connectivity index (χ0) is 14.8. The van der Waals surface area contributed by atoms with Crippen molar-refractivity contribution >= 4 is 31.6 Å². The highest BCUT2D eigenvalue weighted by Crippen LogP contribution is 2.24. The van der Waals surface area contributed by atoms with Crippen LogP contribution >= 0.6 is 15.9 Å². The summed E-state index contributed by atoms with van der Waals surface area (Å²) in [6, 6.07) is 4.71. The highest BCUT2D eigenvalue weighted by molar-refractivity contribution is 9.10. The van der Waals surface area contributed by atoms with Gasteiger partial charge < -0.3 is 10.6 Å². The Morgan fingerprint density at radius 1 is 1.50 bits per heavy atom. The number of likely N-dealkylation sites (tertiary alicyclic amines) is 1. The summed E-state index contributed by atoms with van der Waals surface area (Å²) in [5.41, 5.74) is 6.16. The van der Waals surface area contributed by atoms with Crippen molar-refractivity contribution in [3.8, 4) is 0 Å². The minimum absolute atomic E-state index is 0.233. The summed E-state index contributed by atoms with van der Waals surface area (Å²) in [5, 5.41) is 0. The van der Waals surface area contributed by atoms with Gasteiger partial charge in [0.15, 0.2) is 0 Å². The first kappa shape index (κ1) is 15.8. The standard InChI is InChI=1S/C13H20BrN3O2S/c1-2-17-6-5-10(9-17)8-16-20(18,19)13-4-3-11(15)7-12(13)14/h3-4,7,10,16H,2,5-6,8-9,15H2,1H3. The number of nitrogens with zero attached hydrogens (tertiary/aromatic N) is 1. The molecule has 1 saturated heterocycles. The molecule has 1 aromatic carbocycles. The number of anilines is 1. The molecule has 0 amide bonds. The molecule has 7 heteroatoms. The number of halogens is 1. The molecule has 1 unspecified atom stereocenters. The summed E-state index contributed by atoms with van der Waals surface area (Å²) in [5.74, 6) is 0.386. The highest BCUT2D eigenvalue weighted by Gasteiger charge is 2.24. The SMILES string of the molecule is CCN1CCC(CNS(=O)(=O)c2ccc(N)cc2Br)C1. The van der Waals surface area contributed by atoms with Gasteiger partial charge in [0, 0.05) is 23.2 Å². The second-order valence-corrected chi connectivity index (χ2v) is 7.68. The van der Waals surface area contributed by atoms with Gasteiger partial charge in [0.1, 0.15) is 0 Å². The maximum atomic E-state index is 12.3. The highest BCUT2D eigenvalue weighted by atomic mass is 79.9. The topological polar surface area (TPSA) is 75.4 Å². The van der Waals surface area contributed by atoms with Crippen LogP contribution in [0.4, 0.5) is 5.69 Å². The fourth-order valence-corrected chi connectivity index (χ4v) is 4.62. The van der Waals surface area contributed by atoms with Gasteiger partial charge in [0.25, 0.3) is 0 Å². The summed E-state index contributed by atoms with van der Waals surface area (Å²) in [4.78, 5) is 2.56. The largest absolute Gasteiger partial charge is 0.399 e. The average molecular weight is 362 g/mol. The Balaban J connectivity index is 2.01. The van der Waals surface area contributed by atoms with Crippen molar-refractivity contribution < 1.29 is 8.42 Å². The van der Waals surface area contributed by atoms with E-state index in [1.807, 2.05) is 0 Å². The van der Waals surface area contributed by atoms with Crippen LogP contribution in [-0.2, 0) is 10.0 Å². The van der Waals surface area contributed by atoms with Crippen molar-refractivity contribution in [1.82, 2.24) is 9.62 Å². The van der Waals surface area contributed by atoms with E-state index in [0.717, 1.165) is 26.1 Å². The third kappa shape index (κ3) is 3.72. The Bertz CT molecular complexity index is 577. The molecule has 1 aliphatic rings. The molecule has 0 bridgehead atoms. The number of nitrogen functional groups attached to an aromatic ring is 1. The predicted molar refractivity (Wildman–Crippen MR) is 84.0 cm³/mol. The van der Waals surface area contributed by atoms with Crippen molar-refractivity contribution in [1.29, 1.82) is 0 Å².